The van der Waals surface area contributed by atoms with Crippen molar-refractivity contribution in [2.24, 2.45) is 10.3 Å². The van der Waals surface area contributed by atoms with Gasteiger partial charge in [-0.2, -0.15) is 0 Å². The van der Waals surface area contributed by atoms with Crippen molar-refractivity contribution < 1.29 is 18.4 Å². The fourth-order valence-electron chi connectivity index (χ4n) is 2.22. The number of nitrogens with one attached hydrogen (secondary N) is 1. The van der Waals surface area contributed by atoms with Crippen LogP contribution in [-0.2, 0) is 10.0 Å². The Morgan fingerprint density at radius 1 is 1.28 bits per heavy atom. The van der Waals surface area contributed by atoms with Crippen molar-refractivity contribution in [3.8, 4) is 11.5 Å². The molecule has 8 heteroatoms. The molecule has 2 aromatic carbocycles. The van der Waals surface area contributed by atoms with E-state index in [4.69, 9.17) is 15.1 Å². The van der Waals surface area contributed by atoms with E-state index in [9.17, 15) is 8.42 Å². The minimum atomic E-state index is -4.06. The van der Waals surface area contributed by atoms with Crippen molar-refractivity contribution in [3.63, 3.8) is 0 Å². The lowest BCUT2D eigenvalue weighted by Gasteiger charge is -2.17. The number of hydrogen-bond acceptors (Lipinski definition) is 6. The van der Waals surface area contributed by atoms with Crippen LogP contribution in [-0.4, -0.2) is 26.4 Å². The second-order valence-corrected chi connectivity index (χ2v) is 6.91. The van der Waals surface area contributed by atoms with Gasteiger partial charge in [0, 0.05) is 6.54 Å². The van der Waals surface area contributed by atoms with Crippen LogP contribution >= 0.6 is 0 Å². The molecule has 0 unspecified atom stereocenters. The molecule has 25 heavy (non-hydrogen) atoms. The Morgan fingerprint density at radius 3 is 2.60 bits per heavy atom. The first-order valence-electron chi connectivity index (χ1n) is 7.80. The Labute approximate surface area is 147 Å². The van der Waals surface area contributed by atoms with Crippen molar-refractivity contribution in [1.29, 1.82) is 0 Å². The topological polar surface area (TPSA) is 114 Å². The van der Waals surface area contributed by atoms with Crippen molar-refractivity contribution in [2.75, 3.05) is 11.9 Å². The van der Waals surface area contributed by atoms with E-state index in [1.54, 1.807) is 30.3 Å². The zero-order valence-corrected chi connectivity index (χ0v) is 14.7. The number of rotatable bonds is 8. The summed E-state index contributed by atoms with van der Waals surface area (Å²) in [5.74, 6) is 0.592. The number of nitrogens with two attached hydrogens (primary N) is 1. The molecule has 0 heterocycles. The summed E-state index contributed by atoms with van der Waals surface area (Å²) in [5.41, 5.74) is 0.838. The summed E-state index contributed by atoms with van der Waals surface area (Å²) in [5, 5.41) is 20.2. The third kappa shape index (κ3) is 5.20. The molecule has 0 bridgehead atoms. The second kappa shape index (κ2) is 8.50. The van der Waals surface area contributed by atoms with Crippen LogP contribution in [0.15, 0.2) is 52.5 Å². The summed E-state index contributed by atoms with van der Waals surface area (Å²) in [6.45, 7) is 2.68. The monoisotopic (exact) mass is 363 g/mol. The molecule has 2 rings (SSSR count). The molecule has 0 aliphatic rings. The van der Waals surface area contributed by atoms with Gasteiger partial charge in [0.15, 0.2) is 5.75 Å². The Hall–Kier alpha value is -2.58. The number of primary sulfonamides is 1. The largest absolute Gasteiger partial charge is 0.454 e. The van der Waals surface area contributed by atoms with E-state index in [-0.39, 0.29) is 10.6 Å². The highest BCUT2D eigenvalue weighted by atomic mass is 32.2. The molecule has 0 aliphatic carbocycles. The molecule has 4 N–H and O–H groups in total. The lowest BCUT2D eigenvalue weighted by molar-refractivity contribution is 0.322. The molecule has 0 fully saturated rings. The Morgan fingerprint density at radius 2 is 2.00 bits per heavy atom. The molecule has 134 valence electrons. The van der Waals surface area contributed by atoms with E-state index < -0.39 is 10.0 Å². The smallest absolute Gasteiger partial charge is 0.241 e. The van der Waals surface area contributed by atoms with Crippen LogP contribution in [0.5, 0.6) is 11.5 Å². The minimum Gasteiger partial charge on any atom is -0.454 e. The van der Waals surface area contributed by atoms with Crippen molar-refractivity contribution in [3.05, 3.63) is 48.0 Å². The Balaban J connectivity index is 2.57. The van der Waals surface area contributed by atoms with Crippen molar-refractivity contribution in [1.82, 2.24) is 0 Å². The molecular formula is C17H21N3O4S. The molecule has 0 radical (unpaired) electrons. The number of hydrogen-bond donors (Lipinski definition) is 3. The Bertz CT molecular complexity index is 836. The maximum atomic E-state index is 12.0. The van der Waals surface area contributed by atoms with E-state index in [0.717, 1.165) is 19.1 Å². The molecule has 0 amide bonds. The van der Waals surface area contributed by atoms with Gasteiger partial charge in [-0.1, -0.05) is 36.7 Å². The molecule has 0 aliphatic heterocycles. The van der Waals surface area contributed by atoms with Crippen LogP contribution in [0.4, 0.5) is 5.69 Å². The molecule has 0 spiro atoms. The zero-order chi connectivity index (χ0) is 18.3. The van der Waals surface area contributed by atoms with Crippen molar-refractivity contribution in [2.45, 2.75) is 24.7 Å². The van der Waals surface area contributed by atoms with E-state index in [1.807, 2.05) is 13.0 Å². The Kier molecular flexibility index (Phi) is 6.37. The van der Waals surface area contributed by atoms with Crippen LogP contribution < -0.4 is 15.2 Å². The van der Waals surface area contributed by atoms with Crippen LogP contribution in [0.1, 0.15) is 25.3 Å². The van der Waals surface area contributed by atoms with Crippen LogP contribution in [0, 0.1) is 0 Å². The normalized spacial score (nSPS) is 11.6. The number of benzene rings is 2. The highest BCUT2D eigenvalue weighted by Gasteiger charge is 2.21. The molecule has 7 nitrogen and oxygen atoms in total. The standard InChI is InChI=1S/C17H21N3O4S/c1-2-3-9-19-15-10-13(12-20-21)11-16(25(18,22)23)17(15)24-14-7-5-4-6-8-14/h4-8,10-12,19,21H,2-3,9H2,1H3,(H2,18,22,23). The maximum absolute atomic E-state index is 12.0. The van der Waals surface area contributed by atoms with Gasteiger partial charge in [-0.3, -0.25) is 0 Å². The van der Waals surface area contributed by atoms with Gasteiger partial charge in [0.05, 0.1) is 11.9 Å². The second-order valence-electron chi connectivity index (χ2n) is 5.38. The van der Waals surface area contributed by atoms with Gasteiger partial charge in [-0.15, -0.1) is 0 Å². The number of sulfonamides is 1. The van der Waals surface area contributed by atoms with Crippen molar-refractivity contribution >= 4 is 21.9 Å². The quantitative estimate of drug-likeness (QED) is 0.288. The lowest BCUT2D eigenvalue weighted by atomic mass is 10.2. The van der Waals surface area contributed by atoms with E-state index >= 15 is 0 Å². The summed E-state index contributed by atoms with van der Waals surface area (Å²) in [7, 11) is -4.06. The zero-order valence-electron chi connectivity index (χ0n) is 13.8. The lowest BCUT2D eigenvalue weighted by Crippen LogP contribution is -2.15. The highest BCUT2D eigenvalue weighted by Crippen LogP contribution is 2.36. The first kappa shape index (κ1) is 18.8. The van der Waals surface area contributed by atoms with E-state index in [2.05, 4.69) is 10.5 Å². The predicted molar refractivity (Wildman–Crippen MR) is 97.1 cm³/mol. The maximum Gasteiger partial charge on any atom is 0.241 e. The first-order chi connectivity index (χ1) is 12.0. The average molecular weight is 363 g/mol. The number of nitrogens with zero attached hydrogens (tertiary/aromatic N) is 1. The fraction of sp³-hybridized carbons (Fsp3) is 0.235. The summed E-state index contributed by atoms with van der Waals surface area (Å²) in [6, 6.07) is 11.8. The molecule has 0 atom stereocenters. The summed E-state index contributed by atoms with van der Waals surface area (Å²) >= 11 is 0. The summed E-state index contributed by atoms with van der Waals surface area (Å²) in [4.78, 5) is -0.187. The minimum absolute atomic E-state index is 0.111. The molecule has 2 aromatic rings. The van der Waals surface area contributed by atoms with Gasteiger partial charge in [0.25, 0.3) is 0 Å². The highest BCUT2D eigenvalue weighted by molar-refractivity contribution is 7.89. The average Bonchev–Trinajstić information content (AvgIpc) is 2.57. The third-order valence-electron chi connectivity index (χ3n) is 3.40. The van der Waals surface area contributed by atoms with Crippen LogP contribution in [0.3, 0.4) is 0 Å². The summed E-state index contributed by atoms with van der Waals surface area (Å²) in [6.07, 6.45) is 3.00. The van der Waals surface area contributed by atoms with Gasteiger partial charge in [-0.25, -0.2) is 13.6 Å². The molecule has 0 saturated heterocycles. The molecular weight excluding hydrogens is 342 g/mol. The molecule has 0 aromatic heterocycles. The van der Waals surface area contributed by atoms with E-state index in [1.165, 1.54) is 6.07 Å². The number of oxime groups is 1. The van der Waals surface area contributed by atoms with Crippen LogP contribution in [0.25, 0.3) is 0 Å². The van der Waals surface area contributed by atoms with Crippen LogP contribution in [0.2, 0.25) is 0 Å². The van der Waals surface area contributed by atoms with Gasteiger partial charge in [0.2, 0.25) is 10.0 Å². The van der Waals surface area contributed by atoms with E-state index in [0.29, 0.717) is 23.5 Å². The first-order valence-corrected chi connectivity index (χ1v) is 9.35. The fourth-order valence-corrected chi connectivity index (χ4v) is 2.93. The molecule has 0 saturated carbocycles. The van der Waals surface area contributed by atoms with Gasteiger partial charge < -0.3 is 15.3 Å². The van der Waals surface area contributed by atoms with Gasteiger partial charge >= 0.3 is 0 Å². The van der Waals surface area contributed by atoms with Gasteiger partial charge in [0.1, 0.15) is 10.6 Å². The predicted octanol–water partition coefficient (Wildman–Crippen LogP) is 3.15. The number of para-hydroxylation sites is 1. The number of ether oxygens (including phenoxy) is 1. The number of anilines is 1. The third-order valence-corrected chi connectivity index (χ3v) is 4.32. The number of unbranched alkanes of at least 4 members (excludes halogenated alkanes) is 1. The SMILES string of the molecule is CCCCNc1cc(C=NO)cc(S(N)(=O)=O)c1Oc1ccccc1. The summed E-state index contributed by atoms with van der Waals surface area (Å²) < 4.78 is 29.9. The van der Waals surface area contributed by atoms with Gasteiger partial charge in [-0.05, 0) is 36.2 Å².